The molecule has 0 saturated heterocycles. The fourth-order valence-corrected chi connectivity index (χ4v) is 1.68. The van der Waals surface area contributed by atoms with Crippen LogP contribution in [0.1, 0.15) is 13.8 Å². The molecule has 62 valence electrons. The van der Waals surface area contributed by atoms with E-state index in [0.717, 1.165) is 0 Å². The molecular formula is C4H12O4SSn. The molecule has 0 aromatic carbocycles. The zero-order valence-electron chi connectivity index (χ0n) is 6.03. The maximum atomic E-state index is 8.74. The molecule has 0 aromatic heterocycles. The van der Waals surface area contributed by atoms with Crippen LogP contribution in [0.3, 0.4) is 0 Å². The van der Waals surface area contributed by atoms with Gasteiger partial charge in [0.2, 0.25) is 0 Å². The van der Waals surface area contributed by atoms with E-state index in [1.54, 1.807) is 0 Å². The Morgan fingerprint density at radius 1 is 1.20 bits per heavy atom. The smallest absolute Gasteiger partial charge is 0.264 e. The van der Waals surface area contributed by atoms with Crippen molar-refractivity contribution in [2.24, 2.45) is 0 Å². The van der Waals surface area contributed by atoms with Crippen LogP contribution in [0.5, 0.6) is 0 Å². The Morgan fingerprint density at radius 2 is 1.40 bits per heavy atom. The second-order valence-electron chi connectivity index (χ2n) is 1.40. The van der Waals surface area contributed by atoms with Gasteiger partial charge in [-0.2, -0.15) is 8.42 Å². The summed E-state index contributed by atoms with van der Waals surface area (Å²) in [6, 6.07) is 0. The van der Waals surface area contributed by atoms with Crippen molar-refractivity contribution in [3.05, 3.63) is 0 Å². The van der Waals surface area contributed by atoms with Gasteiger partial charge in [-0.05, 0) is 0 Å². The zero-order valence-corrected chi connectivity index (χ0v) is 9.70. The molecule has 2 radical (unpaired) electrons. The van der Waals surface area contributed by atoms with Crippen LogP contribution < -0.4 is 0 Å². The van der Waals surface area contributed by atoms with E-state index in [1.807, 2.05) is 0 Å². The summed E-state index contributed by atoms with van der Waals surface area (Å²) in [4.78, 5) is 0. The summed E-state index contributed by atoms with van der Waals surface area (Å²) in [7, 11) is -4.67. The van der Waals surface area contributed by atoms with Gasteiger partial charge < -0.3 is 0 Å². The molecule has 0 saturated carbocycles. The Kier molecular flexibility index (Phi) is 10.3. The van der Waals surface area contributed by atoms with Crippen LogP contribution in [0.25, 0.3) is 0 Å². The van der Waals surface area contributed by atoms with Crippen LogP contribution in [-0.2, 0) is 10.4 Å². The topological polar surface area (TPSA) is 74.6 Å². The Labute approximate surface area is 71.8 Å². The van der Waals surface area contributed by atoms with Gasteiger partial charge in [0.1, 0.15) is 0 Å². The minimum absolute atomic E-state index is 0.218. The van der Waals surface area contributed by atoms with Gasteiger partial charge in [0.05, 0.1) is 0 Å². The molecule has 0 spiro atoms. The van der Waals surface area contributed by atoms with Crippen molar-refractivity contribution in [1.82, 2.24) is 0 Å². The van der Waals surface area contributed by atoms with E-state index in [0.29, 0.717) is 0 Å². The first-order valence-corrected chi connectivity index (χ1v) is 8.25. The van der Waals surface area contributed by atoms with Crippen molar-refractivity contribution in [2.75, 3.05) is 0 Å². The normalized spacial score (nSPS) is 10.0. The van der Waals surface area contributed by atoms with Crippen molar-refractivity contribution in [1.29, 1.82) is 0 Å². The third-order valence-electron chi connectivity index (χ3n) is 0.500. The molecular weight excluding hydrogens is 263 g/mol. The van der Waals surface area contributed by atoms with Gasteiger partial charge in [-0.1, -0.05) is 0 Å². The van der Waals surface area contributed by atoms with Crippen molar-refractivity contribution >= 4 is 31.5 Å². The van der Waals surface area contributed by atoms with Crippen molar-refractivity contribution in [3.63, 3.8) is 0 Å². The molecule has 0 heterocycles. The summed E-state index contributed by atoms with van der Waals surface area (Å²) in [5, 5.41) is 0. The van der Waals surface area contributed by atoms with E-state index in [4.69, 9.17) is 17.5 Å². The van der Waals surface area contributed by atoms with Crippen molar-refractivity contribution in [2.45, 2.75) is 22.7 Å². The first-order valence-electron chi connectivity index (χ1n) is 2.82. The zero-order chi connectivity index (χ0) is 8.62. The van der Waals surface area contributed by atoms with Gasteiger partial charge in [0, 0.05) is 0 Å². The van der Waals surface area contributed by atoms with Crippen LogP contribution in [0.2, 0.25) is 8.87 Å². The van der Waals surface area contributed by atoms with Gasteiger partial charge >= 0.3 is 54.3 Å². The van der Waals surface area contributed by atoms with E-state index in [9.17, 15) is 0 Å². The predicted octanol–water partition coefficient (Wildman–Crippen LogP) is 0.914. The van der Waals surface area contributed by atoms with Gasteiger partial charge in [0.15, 0.2) is 0 Å². The van der Waals surface area contributed by atoms with E-state index in [-0.39, 0.29) is 21.1 Å². The maximum absolute atomic E-state index is 8.74. The third kappa shape index (κ3) is 71.6. The standard InChI is InChI=1S/2C2H5.H2O4S.Sn/c2*1-2;1-5(2,3)4;/h2*1H2,2H3;(H2,1,2,3,4);. The van der Waals surface area contributed by atoms with Gasteiger partial charge in [-0.25, -0.2) is 0 Å². The predicted molar refractivity (Wildman–Crippen MR) is 40.9 cm³/mol. The van der Waals surface area contributed by atoms with Crippen LogP contribution >= 0.6 is 0 Å². The maximum Gasteiger partial charge on any atom is 0.394 e. The van der Waals surface area contributed by atoms with Crippen LogP contribution in [0.4, 0.5) is 0 Å². The summed E-state index contributed by atoms with van der Waals surface area (Å²) in [5.41, 5.74) is 0. The monoisotopic (exact) mass is 276 g/mol. The molecule has 0 aliphatic heterocycles. The first kappa shape index (κ1) is 13.3. The Morgan fingerprint density at radius 3 is 1.40 bits per heavy atom. The van der Waals surface area contributed by atoms with E-state index in [2.05, 4.69) is 13.8 Å². The Bertz CT molecular complexity index is 131. The summed E-state index contributed by atoms with van der Waals surface area (Å²) >= 11 is 0.218. The van der Waals surface area contributed by atoms with E-state index >= 15 is 0 Å². The van der Waals surface area contributed by atoms with Gasteiger partial charge in [-0.3, -0.25) is 9.11 Å². The summed E-state index contributed by atoms with van der Waals surface area (Å²) in [5.74, 6) is 0. The molecule has 0 atom stereocenters. The molecule has 6 heteroatoms. The summed E-state index contributed by atoms with van der Waals surface area (Å²) in [6.45, 7) is 4.57. The van der Waals surface area contributed by atoms with Crippen molar-refractivity contribution < 1.29 is 17.5 Å². The molecule has 0 bridgehead atoms. The van der Waals surface area contributed by atoms with Crippen molar-refractivity contribution in [3.8, 4) is 0 Å². The molecule has 0 rings (SSSR count). The summed E-state index contributed by atoms with van der Waals surface area (Å²) in [6.07, 6.45) is 0. The number of rotatable bonds is 2. The van der Waals surface area contributed by atoms with Crippen LogP contribution in [0, 0.1) is 0 Å². The minimum atomic E-state index is -4.67. The largest absolute Gasteiger partial charge is 0.394 e. The molecule has 4 nitrogen and oxygen atoms in total. The molecule has 0 aromatic rings. The average Bonchev–Trinajstić information content (AvgIpc) is 1.63. The number of hydrogen-bond donors (Lipinski definition) is 2. The van der Waals surface area contributed by atoms with Crippen LogP contribution in [0.15, 0.2) is 0 Å². The molecule has 2 N–H and O–H groups in total. The van der Waals surface area contributed by atoms with Crippen LogP contribution in [-0.4, -0.2) is 38.7 Å². The van der Waals surface area contributed by atoms with E-state index < -0.39 is 10.4 Å². The average molecular weight is 275 g/mol. The first-order chi connectivity index (χ1) is 4.41. The third-order valence-corrected chi connectivity index (χ3v) is 3.35. The fraction of sp³-hybridized carbons (Fsp3) is 1.00. The molecule has 0 amide bonds. The Hall–Kier alpha value is 0.669. The molecule has 0 unspecified atom stereocenters. The van der Waals surface area contributed by atoms with Gasteiger partial charge in [0.25, 0.3) is 0 Å². The molecule has 0 aliphatic rings. The fourth-order valence-electron chi connectivity index (χ4n) is 0.250. The molecule has 0 aliphatic carbocycles. The molecule has 10 heavy (non-hydrogen) atoms. The van der Waals surface area contributed by atoms with Gasteiger partial charge in [-0.15, -0.1) is 0 Å². The number of hydrogen-bond acceptors (Lipinski definition) is 2. The SMILES string of the molecule is C[CH2][Sn][CH2]C.O=S(=O)(O)O. The summed E-state index contributed by atoms with van der Waals surface area (Å²) < 4.78 is 34.6. The van der Waals surface area contributed by atoms with E-state index in [1.165, 1.54) is 8.87 Å². The quantitative estimate of drug-likeness (QED) is 0.580. The second kappa shape index (κ2) is 7.77. The Balaban J connectivity index is 0. The second-order valence-corrected chi connectivity index (χ2v) is 7.76. The minimum Gasteiger partial charge on any atom is -0.264 e. The molecule has 0 fully saturated rings.